The maximum atomic E-state index is 11.5. The van der Waals surface area contributed by atoms with Crippen LogP contribution in [0.1, 0.15) is 12.5 Å². The van der Waals surface area contributed by atoms with Gasteiger partial charge in [0.1, 0.15) is 5.78 Å². The molecule has 1 heterocycles. The summed E-state index contributed by atoms with van der Waals surface area (Å²) in [4.78, 5) is 11.5. The number of nitrogens with zero attached hydrogens (tertiary/aromatic N) is 2. The number of para-hydroxylation sites is 1. The molecule has 110 valence electrons. The van der Waals surface area contributed by atoms with Crippen molar-refractivity contribution in [3.8, 4) is 16.9 Å². The minimum absolute atomic E-state index is 0.114. The van der Waals surface area contributed by atoms with Crippen LogP contribution in [0.4, 0.5) is 0 Å². The molecular formula is C18H15ClN2O. The van der Waals surface area contributed by atoms with E-state index in [0.29, 0.717) is 11.4 Å². The van der Waals surface area contributed by atoms with E-state index in [1.165, 1.54) is 0 Å². The lowest BCUT2D eigenvalue weighted by molar-refractivity contribution is -0.116. The lowest BCUT2D eigenvalue weighted by Crippen LogP contribution is -1.96. The van der Waals surface area contributed by atoms with E-state index in [0.717, 1.165) is 22.5 Å². The van der Waals surface area contributed by atoms with Crippen molar-refractivity contribution in [3.05, 3.63) is 71.4 Å². The van der Waals surface area contributed by atoms with Gasteiger partial charge in [-0.3, -0.25) is 4.79 Å². The number of halogens is 1. The number of carbonyl (C=O) groups excluding carboxylic acids is 1. The van der Waals surface area contributed by atoms with Gasteiger partial charge in [-0.15, -0.1) is 0 Å². The minimum Gasteiger partial charge on any atom is -0.300 e. The first-order valence-electron chi connectivity index (χ1n) is 7.03. The van der Waals surface area contributed by atoms with Crippen molar-refractivity contribution in [2.24, 2.45) is 0 Å². The van der Waals surface area contributed by atoms with Gasteiger partial charge in [0.25, 0.3) is 0 Å². The van der Waals surface area contributed by atoms with Gasteiger partial charge in [0, 0.05) is 28.8 Å². The van der Waals surface area contributed by atoms with E-state index in [-0.39, 0.29) is 5.78 Å². The molecule has 0 bridgehead atoms. The van der Waals surface area contributed by atoms with E-state index in [1.807, 2.05) is 65.5 Å². The Morgan fingerprint density at radius 2 is 1.77 bits per heavy atom. The summed E-state index contributed by atoms with van der Waals surface area (Å²) in [6, 6.07) is 17.3. The Balaban J connectivity index is 2.09. The van der Waals surface area contributed by atoms with Crippen LogP contribution < -0.4 is 0 Å². The molecule has 0 spiro atoms. The van der Waals surface area contributed by atoms with Crippen LogP contribution in [0.5, 0.6) is 0 Å². The Morgan fingerprint density at radius 1 is 1.09 bits per heavy atom. The number of hydrogen-bond acceptors (Lipinski definition) is 2. The van der Waals surface area contributed by atoms with Crippen LogP contribution in [0.2, 0.25) is 5.02 Å². The molecule has 0 fully saturated rings. The van der Waals surface area contributed by atoms with E-state index in [4.69, 9.17) is 11.6 Å². The van der Waals surface area contributed by atoms with E-state index >= 15 is 0 Å². The van der Waals surface area contributed by atoms with E-state index in [9.17, 15) is 4.79 Å². The first-order chi connectivity index (χ1) is 10.6. The predicted molar refractivity (Wildman–Crippen MR) is 88.4 cm³/mol. The number of hydrogen-bond donors (Lipinski definition) is 0. The first kappa shape index (κ1) is 14.5. The second-order valence-electron chi connectivity index (χ2n) is 5.17. The minimum atomic E-state index is 0.114. The number of Topliss-reactive ketones (excluding diaryl/α,β-unsaturated/α-hetero) is 1. The Kier molecular flexibility index (Phi) is 4.07. The van der Waals surface area contributed by atoms with Crippen molar-refractivity contribution in [3.63, 3.8) is 0 Å². The Hall–Kier alpha value is -2.39. The van der Waals surface area contributed by atoms with Gasteiger partial charge in [0.05, 0.1) is 11.4 Å². The molecule has 0 unspecified atom stereocenters. The highest BCUT2D eigenvalue weighted by molar-refractivity contribution is 6.30. The third-order valence-electron chi connectivity index (χ3n) is 3.37. The molecule has 3 rings (SSSR count). The van der Waals surface area contributed by atoms with Gasteiger partial charge in [0.2, 0.25) is 0 Å². The topological polar surface area (TPSA) is 34.9 Å². The summed E-state index contributed by atoms with van der Waals surface area (Å²) in [6.45, 7) is 1.59. The SMILES string of the molecule is CC(=O)Cc1cn(-c2ccccc2)nc1-c1ccc(Cl)cc1. The summed E-state index contributed by atoms with van der Waals surface area (Å²) in [7, 11) is 0. The molecule has 0 saturated heterocycles. The number of carbonyl (C=O) groups is 1. The number of aromatic nitrogens is 2. The molecule has 3 nitrogen and oxygen atoms in total. The van der Waals surface area contributed by atoms with Gasteiger partial charge in [0.15, 0.2) is 0 Å². The van der Waals surface area contributed by atoms with Gasteiger partial charge in [-0.1, -0.05) is 41.9 Å². The molecule has 2 aromatic carbocycles. The van der Waals surface area contributed by atoms with Gasteiger partial charge in [-0.05, 0) is 31.2 Å². The van der Waals surface area contributed by atoms with Crippen LogP contribution in [-0.4, -0.2) is 15.6 Å². The zero-order valence-corrected chi connectivity index (χ0v) is 12.9. The zero-order valence-electron chi connectivity index (χ0n) is 12.2. The maximum absolute atomic E-state index is 11.5. The van der Waals surface area contributed by atoms with Crippen molar-refractivity contribution < 1.29 is 4.79 Å². The van der Waals surface area contributed by atoms with Gasteiger partial charge < -0.3 is 0 Å². The van der Waals surface area contributed by atoms with Crippen LogP contribution in [0.15, 0.2) is 60.8 Å². The molecule has 4 heteroatoms. The summed E-state index contributed by atoms with van der Waals surface area (Å²) < 4.78 is 1.81. The Labute approximate surface area is 134 Å². The lowest BCUT2D eigenvalue weighted by atomic mass is 10.0. The molecule has 0 radical (unpaired) electrons. The normalized spacial score (nSPS) is 10.6. The molecule has 0 aliphatic heterocycles. The summed E-state index contributed by atoms with van der Waals surface area (Å²) in [6.07, 6.45) is 2.28. The molecule has 0 aliphatic rings. The van der Waals surface area contributed by atoms with E-state index in [1.54, 1.807) is 6.92 Å². The van der Waals surface area contributed by atoms with Crippen molar-refractivity contribution in [1.82, 2.24) is 9.78 Å². The Morgan fingerprint density at radius 3 is 2.41 bits per heavy atom. The first-order valence-corrected chi connectivity index (χ1v) is 7.40. The third kappa shape index (κ3) is 3.10. The van der Waals surface area contributed by atoms with Crippen molar-refractivity contribution >= 4 is 17.4 Å². The summed E-state index contributed by atoms with van der Waals surface area (Å²) in [5.41, 5.74) is 3.65. The summed E-state index contributed by atoms with van der Waals surface area (Å²) >= 11 is 5.94. The average molecular weight is 311 g/mol. The van der Waals surface area contributed by atoms with E-state index in [2.05, 4.69) is 5.10 Å². The van der Waals surface area contributed by atoms with Crippen molar-refractivity contribution in [2.75, 3.05) is 0 Å². The summed E-state index contributed by atoms with van der Waals surface area (Å²) in [5.74, 6) is 0.114. The van der Waals surface area contributed by atoms with Gasteiger partial charge in [-0.25, -0.2) is 4.68 Å². The second-order valence-corrected chi connectivity index (χ2v) is 5.61. The average Bonchev–Trinajstić information content (AvgIpc) is 2.92. The second kappa shape index (κ2) is 6.16. The number of rotatable bonds is 4. The predicted octanol–water partition coefficient (Wildman–Crippen LogP) is 4.32. The van der Waals surface area contributed by atoms with Crippen LogP contribution >= 0.6 is 11.6 Å². The highest BCUT2D eigenvalue weighted by atomic mass is 35.5. The molecule has 22 heavy (non-hydrogen) atoms. The van der Waals surface area contributed by atoms with Crippen LogP contribution in [0, 0.1) is 0 Å². The van der Waals surface area contributed by atoms with Crippen LogP contribution in [-0.2, 0) is 11.2 Å². The smallest absolute Gasteiger partial charge is 0.134 e. The van der Waals surface area contributed by atoms with Gasteiger partial charge in [-0.2, -0.15) is 5.10 Å². The highest BCUT2D eigenvalue weighted by Crippen LogP contribution is 2.25. The molecule has 0 amide bonds. The number of ketones is 1. The molecule has 0 saturated carbocycles. The van der Waals surface area contributed by atoms with Gasteiger partial charge >= 0.3 is 0 Å². The molecule has 3 aromatic rings. The maximum Gasteiger partial charge on any atom is 0.134 e. The molecular weight excluding hydrogens is 296 g/mol. The number of benzene rings is 2. The third-order valence-corrected chi connectivity index (χ3v) is 3.62. The van der Waals surface area contributed by atoms with Crippen molar-refractivity contribution in [2.45, 2.75) is 13.3 Å². The Bertz CT molecular complexity index is 792. The molecule has 0 N–H and O–H groups in total. The molecule has 1 aromatic heterocycles. The largest absolute Gasteiger partial charge is 0.300 e. The fourth-order valence-electron chi connectivity index (χ4n) is 2.37. The fraction of sp³-hybridized carbons (Fsp3) is 0.111. The quantitative estimate of drug-likeness (QED) is 0.719. The zero-order chi connectivity index (χ0) is 15.5. The fourth-order valence-corrected chi connectivity index (χ4v) is 2.50. The summed E-state index contributed by atoms with van der Waals surface area (Å²) in [5, 5.41) is 5.33. The van der Waals surface area contributed by atoms with Crippen molar-refractivity contribution in [1.29, 1.82) is 0 Å². The standard InChI is InChI=1S/C18H15ClN2O/c1-13(22)11-15-12-21(17-5-3-2-4-6-17)20-18(15)14-7-9-16(19)10-8-14/h2-10,12H,11H2,1H3. The molecule has 0 aliphatic carbocycles. The molecule has 0 atom stereocenters. The monoisotopic (exact) mass is 310 g/mol. The highest BCUT2D eigenvalue weighted by Gasteiger charge is 2.13. The van der Waals surface area contributed by atoms with Crippen LogP contribution in [0.3, 0.4) is 0 Å². The van der Waals surface area contributed by atoms with Crippen LogP contribution in [0.25, 0.3) is 16.9 Å². The lowest BCUT2D eigenvalue weighted by Gasteiger charge is -2.01. The van der Waals surface area contributed by atoms with E-state index < -0.39 is 0 Å².